The van der Waals surface area contributed by atoms with Gasteiger partial charge in [0.1, 0.15) is 11.3 Å². The Labute approximate surface area is 177 Å². The number of thioether (sulfide) groups is 1. The minimum absolute atomic E-state index is 0.104. The Bertz CT molecular complexity index is 988. The zero-order chi connectivity index (χ0) is 20.6. The van der Waals surface area contributed by atoms with Crippen LogP contribution in [0.4, 0.5) is 11.4 Å². The van der Waals surface area contributed by atoms with E-state index in [-0.39, 0.29) is 5.78 Å². The lowest BCUT2D eigenvalue weighted by Gasteiger charge is -2.17. The molecule has 2 aromatic carbocycles. The van der Waals surface area contributed by atoms with Gasteiger partial charge in [0.15, 0.2) is 5.78 Å². The number of para-hydroxylation sites is 2. The van der Waals surface area contributed by atoms with Crippen LogP contribution in [0.2, 0.25) is 0 Å². The summed E-state index contributed by atoms with van der Waals surface area (Å²) in [5.41, 5.74) is 4.44. The first-order valence-corrected chi connectivity index (χ1v) is 11.5. The number of rotatable bonds is 10. The molecular formula is C24H28N2O2S. The second kappa shape index (κ2) is 10.3. The quantitative estimate of drug-likeness (QED) is 0.317. The summed E-state index contributed by atoms with van der Waals surface area (Å²) in [6, 6.07) is 14.1. The number of pyridine rings is 1. The summed E-state index contributed by atoms with van der Waals surface area (Å²) in [7, 11) is 0. The monoisotopic (exact) mass is 408 g/mol. The number of aromatic nitrogens is 1. The van der Waals surface area contributed by atoms with Gasteiger partial charge in [-0.15, -0.1) is 0 Å². The third-order valence-electron chi connectivity index (χ3n) is 4.84. The van der Waals surface area contributed by atoms with E-state index in [2.05, 4.69) is 35.6 Å². The third-order valence-corrected chi connectivity index (χ3v) is 5.42. The highest BCUT2D eigenvalue weighted by Crippen LogP contribution is 2.35. The van der Waals surface area contributed by atoms with Crippen LogP contribution in [0.25, 0.3) is 10.9 Å². The molecular weight excluding hydrogens is 380 g/mol. The molecule has 0 spiro atoms. The van der Waals surface area contributed by atoms with E-state index >= 15 is 0 Å². The van der Waals surface area contributed by atoms with Crippen LogP contribution in [0.1, 0.15) is 42.6 Å². The Morgan fingerprint density at radius 3 is 2.72 bits per heavy atom. The first-order valence-electron chi connectivity index (χ1n) is 10.1. The summed E-state index contributed by atoms with van der Waals surface area (Å²) in [6.07, 6.45) is 5.97. The average Bonchev–Trinajstić information content (AvgIpc) is 2.75. The Morgan fingerprint density at radius 1 is 1.14 bits per heavy atom. The predicted octanol–water partition coefficient (Wildman–Crippen LogP) is 6.27. The smallest absolute Gasteiger partial charge is 0.166 e. The van der Waals surface area contributed by atoms with Crippen molar-refractivity contribution in [3.63, 3.8) is 0 Å². The zero-order valence-electron chi connectivity index (χ0n) is 17.3. The summed E-state index contributed by atoms with van der Waals surface area (Å²) in [5, 5.41) is 4.45. The summed E-state index contributed by atoms with van der Waals surface area (Å²) < 4.78 is 5.96. The molecule has 0 amide bonds. The summed E-state index contributed by atoms with van der Waals surface area (Å²) in [5.74, 6) is 1.77. The lowest BCUT2D eigenvalue weighted by Crippen LogP contribution is -2.07. The Kier molecular flexibility index (Phi) is 7.53. The number of carbonyl (C=O) groups is 1. The lowest BCUT2D eigenvalue weighted by molar-refractivity contribution is 0.0982. The third kappa shape index (κ3) is 4.91. The molecule has 4 nitrogen and oxygen atoms in total. The van der Waals surface area contributed by atoms with Gasteiger partial charge in [0.25, 0.3) is 0 Å². The van der Waals surface area contributed by atoms with E-state index in [0.717, 1.165) is 46.6 Å². The van der Waals surface area contributed by atoms with Crippen molar-refractivity contribution in [3.05, 3.63) is 59.8 Å². The molecule has 0 atom stereocenters. The maximum absolute atomic E-state index is 12.8. The Hall–Kier alpha value is -2.53. The average molecular weight is 409 g/mol. The fraction of sp³-hybridized carbons (Fsp3) is 0.333. The van der Waals surface area contributed by atoms with E-state index in [4.69, 9.17) is 4.74 Å². The number of hydrogen-bond acceptors (Lipinski definition) is 5. The normalized spacial score (nSPS) is 10.9. The highest BCUT2D eigenvalue weighted by Gasteiger charge is 2.18. The fourth-order valence-electron chi connectivity index (χ4n) is 3.34. The fourth-order valence-corrected chi connectivity index (χ4v) is 3.59. The van der Waals surface area contributed by atoms with Crippen molar-refractivity contribution < 1.29 is 9.53 Å². The molecule has 0 aliphatic rings. The number of anilines is 2. The molecule has 0 aliphatic carbocycles. The number of hydrogen-bond donors (Lipinski definition) is 1. The maximum atomic E-state index is 12.8. The minimum atomic E-state index is 0.104. The van der Waals surface area contributed by atoms with Gasteiger partial charge in [-0.2, -0.15) is 11.8 Å². The van der Waals surface area contributed by atoms with Gasteiger partial charge in [-0.3, -0.25) is 9.78 Å². The summed E-state index contributed by atoms with van der Waals surface area (Å²) in [4.78, 5) is 17.5. The molecule has 0 saturated heterocycles. The van der Waals surface area contributed by atoms with E-state index in [1.807, 2.05) is 37.3 Å². The SMILES string of the molecule is CCCC(=O)c1cnc2c(OCCSC)cccc2c1Nc1ccccc1CC. The van der Waals surface area contributed by atoms with Gasteiger partial charge in [0, 0.05) is 29.4 Å². The van der Waals surface area contributed by atoms with Crippen LogP contribution < -0.4 is 10.1 Å². The van der Waals surface area contributed by atoms with Crippen LogP contribution in [-0.4, -0.2) is 29.4 Å². The number of carbonyl (C=O) groups excluding carboxylic acids is 1. The molecule has 0 radical (unpaired) electrons. The molecule has 3 rings (SSSR count). The van der Waals surface area contributed by atoms with Gasteiger partial charge in [0.2, 0.25) is 0 Å². The Balaban J connectivity index is 2.13. The summed E-state index contributed by atoms with van der Waals surface area (Å²) in [6.45, 7) is 4.77. The van der Waals surface area contributed by atoms with E-state index in [0.29, 0.717) is 18.6 Å². The topological polar surface area (TPSA) is 51.2 Å². The molecule has 0 fully saturated rings. The van der Waals surface area contributed by atoms with Crippen LogP contribution in [0.15, 0.2) is 48.7 Å². The first kappa shape index (κ1) is 21.2. The number of ether oxygens (including phenoxy) is 1. The van der Waals surface area contributed by atoms with Crippen LogP contribution in [-0.2, 0) is 6.42 Å². The molecule has 29 heavy (non-hydrogen) atoms. The van der Waals surface area contributed by atoms with Crippen molar-refractivity contribution in [1.29, 1.82) is 0 Å². The standard InChI is InChI=1S/C24H28N2O2S/c1-4-9-21(27)19-16-25-24-18(11-8-13-22(24)28-14-15-29-3)23(19)26-20-12-7-6-10-17(20)5-2/h6-8,10-13,16H,4-5,9,14-15H2,1-3H3,(H,25,26). The van der Waals surface area contributed by atoms with Gasteiger partial charge in [-0.1, -0.05) is 44.2 Å². The first-order chi connectivity index (χ1) is 14.2. The van der Waals surface area contributed by atoms with E-state index < -0.39 is 0 Å². The molecule has 0 unspecified atom stereocenters. The molecule has 1 heterocycles. The maximum Gasteiger partial charge on any atom is 0.166 e. The lowest BCUT2D eigenvalue weighted by atomic mass is 10.0. The number of nitrogens with one attached hydrogen (secondary N) is 1. The van der Waals surface area contributed by atoms with Crippen molar-refractivity contribution in [2.24, 2.45) is 0 Å². The van der Waals surface area contributed by atoms with E-state index in [1.165, 1.54) is 5.56 Å². The van der Waals surface area contributed by atoms with Crippen LogP contribution in [0, 0.1) is 0 Å². The summed E-state index contributed by atoms with van der Waals surface area (Å²) >= 11 is 1.74. The Morgan fingerprint density at radius 2 is 1.97 bits per heavy atom. The minimum Gasteiger partial charge on any atom is -0.490 e. The van der Waals surface area contributed by atoms with Gasteiger partial charge in [0.05, 0.1) is 17.9 Å². The molecule has 1 aromatic heterocycles. The highest BCUT2D eigenvalue weighted by molar-refractivity contribution is 7.98. The molecule has 1 N–H and O–H groups in total. The predicted molar refractivity (Wildman–Crippen MR) is 124 cm³/mol. The molecule has 0 bridgehead atoms. The van der Waals surface area contributed by atoms with Crippen molar-refractivity contribution in [1.82, 2.24) is 4.98 Å². The molecule has 3 aromatic rings. The van der Waals surface area contributed by atoms with Gasteiger partial charge >= 0.3 is 0 Å². The van der Waals surface area contributed by atoms with Gasteiger partial charge in [-0.05, 0) is 36.8 Å². The zero-order valence-corrected chi connectivity index (χ0v) is 18.1. The molecule has 0 aliphatic heterocycles. The number of fused-ring (bicyclic) bond motifs is 1. The van der Waals surface area contributed by atoms with E-state index in [9.17, 15) is 4.79 Å². The highest BCUT2D eigenvalue weighted by atomic mass is 32.2. The number of nitrogens with zero attached hydrogens (tertiary/aromatic N) is 1. The number of Topliss-reactive ketones (excluding diaryl/α,β-unsaturated/α-hetero) is 1. The van der Waals surface area contributed by atoms with Gasteiger partial charge < -0.3 is 10.1 Å². The number of ketones is 1. The molecule has 0 saturated carbocycles. The van der Waals surface area contributed by atoms with Crippen LogP contribution in [0.5, 0.6) is 5.75 Å². The van der Waals surface area contributed by atoms with Crippen molar-refractivity contribution >= 4 is 39.8 Å². The molecule has 152 valence electrons. The van der Waals surface area contributed by atoms with Crippen molar-refractivity contribution in [2.75, 3.05) is 23.9 Å². The van der Waals surface area contributed by atoms with E-state index in [1.54, 1.807) is 18.0 Å². The second-order valence-electron chi connectivity index (χ2n) is 6.85. The van der Waals surface area contributed by atoms with Crippen LogP contribution in [0.3, 0.4) is 0 Å². The largest absolute Gasteiger partial charge is 0.490 e. The van der Waals surface area contributed by atoms with Crippen molar-refractivity contribution in [2.45, 2.75) is 33.1 Å². The van der Waals surface area contributed by atoms with Crippen molar-refractivity contribution in [3.8, 4) is 5.75 Å². The number of aryl methyl sites for hydroxylation is 1. The van der Waals surface area contributed by atoms with Crippen LogP contribution >= 0.6 is 11.8 Å². The number of benzene rings is 2. The van der Waals surface area contributed by atoms with Gasteiger partial charge in [-0.25, -0.2) is 0 Å². The molecule has 5 heteroatoms. The second-order valence-corrected chi connectivity index (χ2v) is 7.83.